The highest BCUT2D eigenvalue weighted by molar-refractivity contribution is 5.55. The number of benzene rings is 1. The highest BCUT2D eigenvalue weighted by Gasteiger charge is 2.20. The van der Waals surface area contributed by atoms with E-state index < -0.39 is 0 Å². The molecular weight excluding hydrogens is 232 g/mol. The summed E-state index contributed by atoms with van der Waals surface area (Å²) in [6.45, 7) is 10.3. The standard InChI is InChI=1S/C17H28N2/c1-4-16(5-2)18-10-11-19-13-14(3)12-15-8-6-7-9-17(15)19/h6-9,14,16,18H,4-5,10-13H2,1-3H3. The zero-order chi connectivity index (χ0) is 13.7. The van der Waals surface area contributed by atoms with Crippen molar-refractivity contribution >= 4 is 5.69 Å². The van der Waals surface area contributed by atoms with Crippen LogP contribution in [-0.2, 0) is 6.42 Å². The van der Waals surface area contributed by atoms with E-state index in [0.717, 1.165) is 19.0 Å². The monoisotopic (exact) mass is 260 g/mol. The molecule has 1 aliphatic rings. The van der Waals surface area contributed by atoms with E-state index in [1.165, 1.54) is 37.1 Å². The largest absolute Gasteiger partial charge is 0.370 e. The smallest absolute Gasteiger partial charge is 0.0399 e. The number of fused-ring (bicyclic) bond motifs is 1. The van der Waals surface area contributed by atoms with Gasteiger partial charge in [-0.3, -0.25) is 0 Å². The van der Waals surface area contributed by atoms with Crippen molar-refractivity contribution in [2.24, 2.45) is 5.92 Å². The molecule has 1 N–H and O–H groups in total. The Bertz CT molecular complexity index is 385. The second-order valence-electron chi connectivity index (χ2n) is 5.85. The number of para-hydroxylation sites is 1. The van der Waals surface area contributed by atoms with Crippen LogP contribution in [0.5, 0.6) is 0 Å². The number of hydrogen-bond donors (Lipinski definition) is 1. The molecule has 0 saturated heterocycles. The lowest BCUT2D eigenvalue weighted by Crippen LogP contribution is -2.41. The zero-order valence-corrected chi connectivity index (χ0v) is 12.7. The maximum atomic E-state index is 3.67. The van der Waals surface area contributed by atoms with E-state index in [4.69, 9.17) is 0 Å². The van der Waals surface area contributed by atoms with Crippen LogP contribution in [0.4, 0.5) is 5.69 Å². The Balaban J connectivity index is 1.93. The number of nitrogens with one attached hydrogen (secondary N) is 1. The Morgan fingerprint density at radius 1 is 1.26 bits per heavy atom. The molecule has 0 fully saturated rings. The fourth-order valence-corrected chi connectivity index (χ4v) is 3.10. The molecular formula is C17H28N2. The first kappa shape index (κ1) is 14.4. The van der Waals surface area contributed by atoms with Crippen molar-refractivity contribution in [3.05, 3.63) is 29.8 Å². The maximum Gasteiger partial charge on any atom is 0.0399 e. The summed E-state index contributed by atoms with van der Waals surface area (Å²) in [6, 6.07) is 9.57. The van der Waals surface area contributed by atoms with E-state index in [0.29, 0.717) is 6.04 Å². The van der Waals surface area contributed by atoms with Gasteiger partial charge in [-0.05, 0) is 36.8 Å². The molecule has 1 atom stereocenters. The minimum absolute atomic E-state index is 0.678. The topological polar surface area (TPSA) is 15.3 Å². The number of nitrogens with zero attached hydrogens (tertiary/aromatic N) is 1. The Morgan fingerprint density at radius 3 is 2.74 bits per heavy atom. The van der Waals surface area contributed by atoms with Crippen LogP contribution >= 0.6 is 0 Å². The van der Waals surface area contributed by atoms with Crippen LogP contribution in [-0.4, -0.2) is 25.7 Å². The first-order valence-corrected chi connectivity index (χ1v) is 7.80. The summed E-state index contributed by atoms with van der Waals surface area (Å²) < 4.78 is 0. The Morgan fingerprint density at radius 2 is 2.00 bits per heavy atom. The molecule has 1 unspecified atom stereocenters. The second-order valence-corrected chi connectivity index (χ2v) is 5.85. The Hall–Kier alpha value is -1.02. The summed E-state index contributed by atoms with van der Waals surface area (Å²) in [5.74, 6) is 0.767. The average molecular weight is 260 g/mol. The summed E-state index contributed by atoms with van der Waals surface area (Å²) >= 11 is 0. The van der Waals surface area contributed by atoms with Crippen molar-refractivity contribution in [2.75, 3.05) is 24.5 Å². The van der Waals surface area contributed by atoms with Crippen molar-refractivity contribution in [3.63, 3.8) is 0 Å². The molecule has 0 bridgehead atoms. The predicted octanol–water partition coefficient (Wildman–Crippen LogP) is 3.46. The van der Waals surface area contributed by atoms with Gasteiger partial charge in [-0.25, -0.2) is 0 Å². The van der Waals surface area contributed by atoms with E-state index in [9.17, 15) is 0 Å². The summed E-state index contributed by atoms with van der Waals surface area (Å²) in [4.78, 5) is 2.55. The Kier molecular flexibility index (Phi) is 5.26. The van der Waals surface area contributed by atoms with Crippen molar-refractivity contribution < 1.29 is 0 Å². The van der Waals surface area contributed by atoms with Gasteiger partial charge >= 0.3 is 0 Å². The molecule has 2 nitrogen and oxygen atoms in total. The molecule has 0 amide bonds. The maximum absolute atomic E-state index is 3.67. The van der Waals surface area contributed by atoms with Crippen LogP contribution in [0.25, 0.3) is 0 Å². The van der Waals surface area contributed by atoms with Gasteiger partial charge in [0.25, 0.3) is 0 Å². The van der Waals surface area contributed by atoms with Crippen molar-refractivity contribution in [2.45, 2.75) is 46.1 Å². The molecule has 2 rings (SSSR count). The van der Waals surface area contributed by atoms with Gasteiger partial charge in [0.1, 0.15) is 0 Å². The van der Waals surface area contributed by atoms with Gasteiger partial charge in [-0.2, -0.15) is 0 Å². The van der Waals surface area contributed by atoms with Gasteiger partial charge < -0.3 is 10.2 Å². The lowest BCUT2D eigenvalue weighted by atomic mass is 9.94. The molecule has 19 heavy (non-hydrogen) atoms. The van der Waals surface area contributed by atoms with Crippen molar-refractivity contribution in [1.29, 1.82) is 0 Å². The molecule has 1 aliphatic heterocycles. The third-order valence-corrected chi connectivity index (χ3v) is 4.23. The van der Waals surface area contributed by atoms with E-state index >= 15 is 0 Å². The number of anilines is 1. The van der Waals surface area contributed by atoms with Crippen molar-refractivity contribution in [3.8, 4) is 0 Å². The SMILES string of the molecule is CCC(CC)NCCN1CC(C)Cc2ccccc21. The van der Waals surface area contributed by atoms with E-state index in [-0.39, 0.29) is 0 Å². The summed E-state index contributed by atoms with van der Waals surface area (Å²) in [6.07, 6.45) is 3.68. The van der Waals surface area contributed by atoms with Crippen LogP contribution in [0, 0.1) is 5.92 Å². The van der Waals surface area contributed by atoms with Gasteiger partial charge in [0.15, 0.2) is 0 Å². The fourth-order valence-electron chi connectivity index (χ4n) is 3.10. The van der Waals surface area contributed by atoms with Gasteiger partial charge in [0, 0.05) is 31.4 Å². The van der Waals surface area contributed by atoms with Gasteiger partial charge in [0.05, 0.1) is 0 Å². The molecule has 1 heterocycles. The quantitative estimate of drug-likeness (QED) is 0.842. The van der Waals surface area contributed by atoms with Crippen LogP contribution in [0.2, 0.25) is 0 Å². The molecule has 106 valence electrons. The minimum Gasteiger partial charge on any atom is -0.370 e. The van der Waals surface area contributed by atoms with Gasteiger partial charge in [0.2, 0.25) is 0 Å². The van der Waals surface area contributed by atoms with Crippen LogP contribution in [0.3, 0.4) is 0 Å². The predicted molar refractivity (Wildman–Crippen MR) is 83.9 cm³/mol. The van der Waals surface area contributed by atoms with Gasteiger partial charge in [-0.15, -0.1) is 0 Å². The Labute approximate surface area is 118 Å². The molecule has 1 aromatic carbocycles. The third kappa shape index (κ3) is 3.73. The normalized spacial score (nSPS) is 18.7. The molecule has 0 aromatic heterocycles. The van der Waals surface area contributed by atoms with E-state index in [1.54, 1.807) is 0 Å². The van der Waals surface area contributed by atoms with Crippen LogP contribution < -0.4 is 10.2 Å². The minimum atomic E-state index is 0.678. The molecule has 2 heteroatoms. The van der Waals surface area contributed by atoms with Gasteiger partial charge in [-0.1, -0.05) is 39.0 Å². The molecule has 0 aliphatic carbocycles. The first-order valence-electron chi connectivity index (χ1n) is 7.80. The number of hydrogen-bond acceptors (Lipinski definition) is 2. The lowest BCUT2D eigenvalue weighted by Gasteiger charge is -2.35. The average Bonchev–Trinajstić information content (AvgIpc) is 2.43. The zero-order valence-electron chi connectivity index (χ0n) is 12.7. The number of rotatable bonds is 6. The summed E-state index contributed by atoms with van der Waals surface area (Å²) in [5, 5.41) is 3.67. The van der Waals surface area contributed by atoms with Crippen LogP contribution in [0.15, 0.2) is 24.3 Å². The molecule has 0 saturated carbocycles. The highest BCUT2D eigenvalue weighted by atomic mass is 15.2. The molecule has 0 spiro atoms. The third-order valence-electron chi connectivity index (χ3n) is 4.23. The fraction of sp³-hybridized carbons (Fsp3) is 0.647. The van der Waals surface area contributed by atoms with E-state index in [2.05, 4.69) is 55.3 Å². The molecule has 0 radical (unpaired) electrons. The first-order chi connectivity index (χ1) is 9.24. The van der Waals surface area contributed by atoms with Crippen molar-refractivity contribution in [1.82, 2.24) is 5.32 Å². The second kappa shape index (κ2) is 6.95. The lowest BCUT2D eigenvalue weighted by molar-refractivity contribution is 0.471. The molecule has 1 aromatic rings. The van der Waals surface area contributed by atoms with Crippen LogP contribution in [0.1, 0.15) is 39.2 Å². The summed E-state index contributed by atoms with van der Waals surface area (Å²) in [5.41, 5.74) is 2.97. The van der Waals surface area contributed by atoms with E-state index in [1.807, 2.05) is 0 Å². The summed E-state index contributed by atoms with van der Waals surface area (Å²) in [7, 11) is 0. The highest BCUT2D eigenvalue weighted by Crippen LogP contribution is 2.28.